The second-order valence-electron chi connectivity index (χ2n) is 6.35. The minimum absolute atomic E-state index is 0.238. The first-order valence-electron chi connectivity index (χ1n) is 7.48. The molecule has 0 radical (unpaired) electrons. The first kappa shape index (κ1) is 13.5. The molecule has 4 heteroatoms. The molecule has 0 aliphatic heterocycles. The van der Waals surface area contributed by atoms with Crippen LogP contribution >= 0.6 is 0 Å². The Labute approximate surface area is 119 Å². The number of nitrogens with two attached hydrogens (primary N) is 1. The van der Waals surface area contributed by atoms with Crippen LogP contribution in [0.2, 0.25) is 0 Å². The summed E-state index contributed by atoms with van der Waals surface area (Å²) in [4.78, 5) is 0. The third kappa shape index (κ3) is 2.32. The Morgan fingerprint density at radius 2 is 2.15 bits per heavy atom. The third-order valence-corrected chi connectivity index (χ3v) is 5.14. The minimum atomic E-state index is -0.414. The average molecular weight is 278 g/mol. The molecule has 1 aromatic rings. The fraction of sp³-hybridized carbons (Fsp3) is 0.625. The zero-order chi connectivity index (χ0) is 14.3. The van der Waals surface area contributed by atoms with E-state index in [-0.39, 0.29) is 5.75 Å². The van der Waals surface area contributed by atoms with Crippen molar-refractivity contribution < 1.29 is 9.13 Å². The number of ether oxygens (including phenoxy) is 1. The summed E-state index contributed by atoms with van der Waals surface area (Å²) in [6, 6.07) is 3.35. The van der Waals surface area contributed by atoms with Gasteiger partial charge < -0.3 is 15.8 Å². The highest BCUT2D eigenvalue weighted by Gasteiger charge is 2.41. The van der Waals surface area contributed by atoms with Gasteiger partial charge in [0.15, 0.2) is 11.6 Å². The number of methoxy groups -OCH3 is 1. The maximum atomic E-state index is 13.6. The molecule has 4 atom stereocenters. The number of benzene rings is 1. The number of halogens is 1. The smallest absolute Gasteiger partial charge is 0.167 e. The van der Waals surface area contributed by atoms with Crippen LogP contribution in [0.3, 0.4) is 0 Å². The van der Waals surface area contributed by atoms with Crippen molar-refractivity contribution in [1.29, 1.82) is 0 Å². The number of nitrogen functional groups attached to an aromatic ring is 1. The molecule has 0 spiro atoms. The van der Waals surface area contributed by atoms with Gasteiger partial charge in [-0.15, -0.1) is 0 Å². The van der Waals surface area contributed by atoms with Crippen molar-refractivity contribution in [3.8, 4) is 5.75 Å². The first-order chi connectivity index (χ1) is 9.58. The zero-order valence-electron chi connectivity index (χ0n) is 12.2. The summed E-state index contributed by atoms with van der Waals surface area (Å²) >= 11 is 0. The molecule has 0 amide bonds. The highest BCUT2D eigenvalue weighted by Crippen LogP contribution is 2.50. The lowest BCUT2D eigenvalue weighted by molar-refractivity contribution is 0.304. The van der Waals surface area contributed by atoms with Gasteiger partial charge in [-0.2, -0.15) is 0 Å². The molecule has 3 N–H and O–H groups in total. The molecule has 2 bridgehead atoms. The monoisotopic (exact) mass is 278 g/mol. The van der Waals surface area contributed by atoms with E-state index in [0.29, 0.717) is 17.6 Å². The van der Waals surface area contributed by atoms with E-state index in [2.05, 4.69) is 12.2 Å². The molecule has 0 heterocycles. The normalized spacial score (nSPS) is 29.4. The molecule has 110 valence electrons. The lowest BCUT2D eigenvalue weighted by atomic mass is 9.84. The summed E-state index contributed by atoms with van der Waals surface area (Å²) in [5, 5.41) is 3.47. The summed E-state index contributed by atoms with van der Waals surface area (Å²) in [5.74, 6) is 2.31. The SMILES string of the molecule is COc1cc(NC(C)C2CC3CCC2C3)c(N)cc1F. The number of hydrogen-bond donors (Lipinski definition) is 2. The second kappa shape index (κ2) is 5.15. The van der Waals surface area contributed by atoms with Gasteiger partial charge in [0.1, 0.15) is 0 Å². The number of hydrogen-bond acceptors (Lipinski definition) is 3. The maximum absolute atomic E-state index is 13.6. The Balaban J connectivity index is 1.74. The number of anilines is 2. The standard InChI is InChI=1S/C16H23FN2O/c1-9(12-6-10-3-4-11(12)5-10)19-15-8-16(20-2)13(17)7-14(15)18/h7-12,19H,3-6,18H2,1-2H3. The Kier molecular flexibility index (Phi) is 3.48. The predicted octanol–water partition coefficient (Wildman–Crippen LogP) is 3.65. The molecule has 0 saturated heterocycles. The average Bonchev–Trinajstić information content (AvgIpc) is 3.04. The van der Waals surface area contributed by atoms with Crippen LogP contribution in [0.5, 0.6) is 5.75 Å². The fourth-order valence-corrected chi connectivity index (χ4v) is 4.11. The van der Waals surface area contributed by atoms with E-state index < -0.39 is 5.82 Å². The molecular weight excluding hydrogens is 255 g/mol. The van der Waals surface area contributed by atoms with Crippen molar-refractivity contribution in [3.05, 3.63) is 17.9 Å². The van der Waals surface area contributed by atoms with E-state index in [1.165, 1.54) is 38.9 Å². The minimum Gasteiger partial charge on any atom is -0.494 e. The number of fused-ring (bicyclic) bond motifs is 2. The molecule has 1 aromatic carbocycles. The van der Waals surface area contributed by atoms with Gasteiger partial charge in [-0.1, -0.05) is 6.42 Å². The molecule has 0 aromatic heterocycles. The van der Waals surface area contributed by atoms with Gasteiger partial charge in [0.05, 0.1) is 18.5 Å². The molecular formula is C16H23FN2O. The van der Waals surface area contributed by atoms with Gasteiger partial charge in [0, 0.05) is 18.2 Å². The second-order valence-corrected chi connectivity index (χ2v) is 6.35. The Morgan fingerprint density at radius 1 is 1.35 bits per heavy atom. The van der Waals surface area contributed by atoms with Crippen LogP contribution in [0.1, 0.15) is 32.6 Å². The van der Waals surface area contributed by atoms with Crippen LogP contribution in [0.25, 0.3) is 0 Å². The summed E-state index contributed by atoms with van der Waals surface area (Å²) in [6.45, 7) is 2.21. The lowest BCUT2D eigenvalue weighted by Gasteiger charge is -2.29. The molecule has 3 rings (SSSR count). The summed E-state index contributed by atoms with van der Waals surface area (Å²) in [6.07, 6.45) is 5.47. The van der Waals surface area contributed by atoms with Crippen molar-refractivity contribution >= 4 is 11.4 Å². The van der Waals surface area contributed by atoms with Crippen molar-refractivity contribution in [2.75, 3.05) is 18.2 Å². The number of rotatable bonds is 4. The first-order valence-corrected chi connectivity index (χ1v) is 7.48. The fourth-order valence-electron chi connectivity index (χ4n) is 4.11. The van der Waals surface area contributed by atoms with E-state index in [1.54, 1.807) is 6.07 Å². The van der Waals surface area contributed by atoms with E-state index in [0.717, 1.165) is 17.5 Å². The van der Waals surface area contributed by atoms with Gasteiger partial charge in [-0.05, 0) is 43.9 Å². The van der Waals surface area contributed by atoms with Crippen LogP contribution in [-0.4, -0.2) is 13.2 Å². The Bertz CT molecular complexity index is 505. The van der Waals surface area contributed by atoms with Gasteiger partial charge >= 0.3 is 0 Å². The molecule has 2 aliphatic rings. The molecule has 3 nitrogen and oxygen atoms in total. The molecule has 2 fully saturated rings. The van der Waals surface area contributed by atoms with E-state index in [4.69, 9.17) is 10.5 Å². The van der Waals surface area contributed by atoms with Crippen LogP contribution in [0, 0.1) is 23.6 Å². The predicted molar refractivity (Wildman–Crippen MR) is 79.4 cm³/mol. The number of nitrogens with one attached hydrogen (secondary N) is 1. The molecule has 20 heavy (non-hydrogen) atoms. The van der Waals surface area contributed by atoms with Gasteiger partial charge in [0.2, 0.25) is 0 Å². The van der Waals surface area contributed by atoms with Gasteiger partial charge in [0.25, 0.3) is 0 Å². The van der Waals surface area contributed by atoms with Crippen LogP contribution in [0.15, 0.2) is 12.1 Å². The third-order valence-electron chi connectivity index (χ3n) is 5.14. The lowest BCUT2D eigenvalue weighted by Crippen LogP contribution is -2.30. The summed E-state index contributed by atoms with van der Waals surface area (Å²) in [5.41, 5.74) is 7.13. The van der Waals surface area contributed by atoms with Crippen LogP contribution in [-0.2, 0) is 0 Å². The summed E-state index contributed by atoms with van der Waals surface area (Å²) < 4.78 is 18.6. The van der Waals surface area contributed by atoms with Gasteiger partial charge in [-0.25, -0.2) is 4.39 Å². The van der Waals surface area contributed by atoms with Gasteiger partial charge in [-0.3, -0.25) is 0 Å². The Hall–Kier alpha value is -1.45. The van der Waals surface area contributed by atoms with Crippen LogP contribution in [0.4, 0.5) is 15.8 Å². The van der Waals surface area contributed by atoms with E-state index in [9.17, 15) is 4.39 Å². The maximum Gasteiger partial charge on any atom is 0.167 e. The summed E-state index contributed by atoms with van der Waals surface area (Å²) in [7, 11) is 1.47. The highest BCUT2D eigenvalue weighted by molar-refractivity contribution is 5.69. The molecule has 2 aliphatic carbocycles. The van der Waals surface area contributed by atoms with Crippen molar-refractivity contribution in [2.45, 2.75) is 38.6 Å². The Morgan fingerprint density at radius 3 is 2.75 bits per heavy atom. The zero-order valence-corrected chi connectivity index (χ0v) is 12.2. The van der Waals surface area contributed by atoms with Crippen LogP contribution < -0.4 is 15.8 Å². The topological polar surface area (TPSA) is 47.3 Å². The molecule has 2 saturated carbocycles. The van der Waals surface area contributed by atoms with Crippen molar-refractivity contribution in [2.24, 2.45) is 17.8 Å². The van der Waals surface area contributed by atoms with E-state index in [1.807, 2.05) is 0 Å². The van der Waals surface area contributed by atoms with Crippen molar-refractivity contribution in [3.63, 3.8) is 0 Å². The van der Waals surface area contributed by atoms with Crippen molar-refractivity contribution in [1.82, 2.24) is 0 Å². The van der Waals surface area contributed by atoms with E-state index >= 15 is 0 Å². The quantitative estimate of drug-likeness (QED) is 0.826. The largest absolute Gasteiger partial charge is 0.494 e. The molecule has 4 unspecified atom stereocenters. The highest BCUT2D eigenvalue weighted by atomic mass is 19.1.